The van der Waals surface area contributed by atoms with Crippen LogP contribution in [-0.2, 0) is 12.6 Å². The standard InChI is InChI=1S/C28H26ClF4N5O3/c1-27(2,40)10-4-12-41-18-7-8-21(29)19(15-18)16-9-11-34-22(13-16)36-26(39)25-35-23(37-38-25)14-17-5-3-6-20(24(17)30)28(31,32)33/h3,5-9,11,13,15,40H,4,10,12,14H2,1-2H3,(H,34,36,39)(H,35,37,38). The van der Waals surface area contributed by atoms with Gasteiger partial charge in [0.15, 0.2) is 0 Å². The third-order valence-electron chi connectivity index (χ3n) is 5.94. The third-order valence-corrected chi connectivity index (χ3v) is 6.27. The topological polar surface area (TPSA) is 113 Å². The molecule has 0 saturated heterocycles. The molecule has 4 aromatic rings. The largest absolute Gasteiger partial charge is 0.494 e. The van der Waals surface area contributed by atoms with Crippen molar-refractivity contribution in [3.63, 3.8) is 0 Å². The maximum absolute atomic E-state index is 14.4. The normalized spacial score (nSPS) is 11.9. The highest BCUT2D eigenvalue weighted by Crippen LogP contribution is 2.34. The van der Waals surface area contributed by atoms with Gasteiger partial charge in [-0.25, -0.2) is 9.37 Å². The summed E-state index contributed by atoms with van der Waals surface area (Å²) >= 11 is 6.41. The van der Waals surface area contributed by atoms with E-state index in [1.165, 1.54) is 12.3 Å². The van der Waals surface area contributed by atoms with E-state index < -0.39 is 29.1 Å². The first-order valence-electron chi connectivity index (χ1n) is 12.5. The number of ether oxygens (including phenoxy) is 1. The van der Waals surface area contributed by atoms with Crippen molar-refractivity contribution in [3.8, 4) is 16.9 Å². The molecule has 2 heterocycles. The number of pyridine rings is 1. The molecule has 0 fully saturated rings. The van der Waals surface area contributed by atoms with Gasteiger partial charge in [0.2, 0.25) is 5.82 Å². The second-order valence-corrected chi connectivity index (χ2v) is 10.3. The maximum Gasteiger partial charge on any atom is 0.419 e. The number of benzene rings is 2. The van der Waals surface area contributed by atoms with Crippen molar-refractivity contribution in [1.82, 2.24) is 20.2 Å². The van der Waals surface area contributed by atoms with Crippen LogP contribution in [0.1, 0.15) is 54.3 Å². The lowest BCUT2D eigenvalue weighted by atomic mass is 10.0. The Balaban J connectivity index is 1.44. The van der Waals surface area contributed by atoms with E-state index in [0.717, 1.165) is 6.07 Å². The number of H-pyrrole nitrogens is 1. The predicted octanol–water partition coefficient (Wildman–Crippen LogP) is 6.45. The Morgan fingerprint density at radius 2 is 1.90 bits per heavy atom. The Morgan fingerprint density at radius 1 is 1.12 bits per heavy atom. The molecule has 41 heavy (non-hydrogen) atoms. The average molecular weight is 592 g/mol. The number of hydrogen-bond acceptors (Lipinski definition) is 6. The van der Waals surface area contributed by atoms with Crippen LogP contribution in [0.25, 0.3) is 11.1 Å². The van der Waals surface area contributed by atoms with Gasteiger partial charge in [0.25, 0.3) is 5.91 Å². The maximum atomic E-state index is 14.4. The quantitative estimate of drug-likeness (QED) is 0.144. The van der Waals surface area contributed by atoms with E-state index in [-0.39, 0.29) is 29.5 Å². The smallest absolute Gasteiger partial charge is 0.419 e. The Hall–Kier alpha value is -4.03. The number of alkyl halides is 3. The van der Waals surface area contributed by atoms with Crippen molar-refractivity contribution in [2.75, 3.05) is 11.9 Å². The monoisotopic (exact) mass is 591 g/mol. The Labute approximate surface area is 237 Å². The van der Waals surface area contributed by atoms with Gasteiger partial charge in [-0.3, -0.25) is 4.79 Å². The number of nitrogens with zero attached hydrogens (tertiary/aromatic N) is 3. The first-order chi connectivity index (χ1) is 19.3. The highest BCUT2D eigenvalue weighted by molar-refractivity contribution is 6.33. The molecule has 1 amide bonds. The fourth-order valence-electron chi connectivity index (χ4n) is 3.95. The van der Waals surface area contributed by atoms with Crippen molar-refractivity contribution in [2.45, 2.75) is 44.9 Å². The number of aromatic nitrogens is 4. The zero-order valence-corrected chi connectivity index (χ0v) is 22.8. The summed E-state index contributed by atoms with van der Waals surface area (Å²) in [5.74, 6) is -1.62. The first kappa shape index (κ1) is 29.9. The number of rotatable bonds is 10. The second kappa shape index (κ2) is 12.2. The summed E-state index contributed by atoms with van der Waals surface area (Å²) in [6, 6.07) is 11.4. The molecule has 0 aliphatic rings. The summed E-state index contributed by atoms with van der Waals surface area (Å²) in [5.41, 5.74) is -1.14. The molecular weight excluding hydrogens is 566 g/mol. The molecule has 0 bridgehead atoms. The number of aromatic amines is 1. The minimum atomic E-state index is -4.84. The average Bonchev–Trinajstić information content (AvgIpc) is 3.36. The van der Waals surface area contributed by atoms with Crippen LogP contribution in [0.15, 0.2) is 54.7 Å². The molecule has 0 radical (unpaired) electrons. The van der Waals surface area contributed by atoms with Crippen molar-refractivity contribution in [1.29, 1.82) is 0 Å². The molecule has 0 aliphatic heterocycles. The highest BCUT2D eigenvalue weighted by Gasteiger charge is 2.34. The van der Waals surface area contributed by atoms with Gasteiger partial charge < -0.3 is 20.1 Å². The van der Waals surface area contributed by atoms with Gasteiger partial charge in [0, 0.05) is 23.2 Å². The zero-order chi connectivity index (χ0) is 29.8. The van der Waals surface area contributed by atoms with E-state index in [1.54, 1.807) is 44.2 Å². The van der Waals surface area contributed by atoms with Crippen LogP contribution in [0.2, 0.25) is 5.02 Å². The lowest BCUT2D eigenvalue weighted by Gasteiger charge is -2.17. The lowest BCUT2D eigenvalue weighted by molar-refractivity contribution is -0.140. The van der Waals surface area contributed by atoms with Gasteiger partial charge in [0.05, 0.1) is 17.8 Å². The van der Waals surface area contributed by atoms with Crippen molar-refractivity contribution in [3.05, 3.63) is 88.3 Å². The van der Waals surface area contributed by atoms with E-state index in [0.29, 0.717) is 47.4 Å². The zero-order valence-electron chi connectivity index (χ0n) is 22.0. The van der Waals surface area contributed by atoms with Crippen LogP contribution in [0.5, 0.6) is 5.75 Å². The molecule has 3 N–H and O–H groups in total. The van der Waals surface area contributed by atoms with Crippen molar-refractivity contribution >= 4 is 23.3 Å². The third kappa shape index (κ3) is 8.01. The first-order valence-corrected chi connectivity index (χ1v) is 12.9. The molecule has 0 spiro atoms. The Kier molecular flexibility index (Phi) is 8.93. The number of aliphatic hydroxyl groups is 1. The van der Waals surface area contributed by atoms with Gasteiger partial charge in [-0.2, -0.15) is 13.2 Å². The minimum absolute atomic E-state index is 0.00114. The number of nitrogens with one attached hydrogen (secondary N) is 2. The lowest BCUT2D eigenvalue weighted by Crippen LogP contribution is -2.19. The highest BCUT2D eigenvalue weighted by atomic mass is 35.5. The molecule has 0 aliphatic carbocycles. The number of carbonyl (C=O) groups is 1. The molecule has 13 heteroatoms. The number of hydrogen-bond donors (Lipinski definition) is 3. The summed E-state index contributed by atoms with van der Waals surface area (Å²) < 4.78 is 59.2. The number of halogens is 5. The van der Waals surface area contributed by atoms with Crippen LogP contribution in [-0.4, -0.2) is 43.4 Å². The molecule has 0 unspecified atom stereocenters. The van der Waals surface area contributed by atoms with Crippen LogP contribution < -0.4 is 10.1 Å². The van der Waals surface area contributed by atoms with E-state index in [1.807, 2.05) is 0 Å². The van der Waals surface area contributed by atoms with Gasteiger partial charge in [-0.05, 0) is 74.2 Å². The van der Waals surface area contributed by atoms with Crippen LogP contribution >= 0.6 is 11.6 Å². The predicted molar refractivity (Wildman–Crippen MR) is 144 cm³/mol. The molecule has 2 aromatic heterocycles. The summed E-state index contributed by atoms with van der Waals surface area (Å²) in [6.45, 7) is 3.87. The van der Waals surface area contributed by atoms with Crippen molar-refractivity contribution < 1.29 is 32.2 Å². The summed E-state index contributed by atoms with van der Waals surface area (Å²) in [4.78, 5) is 19.5. The van der Waals surface area contributed by atoms with Crippen LogP contribution in [0.4, 0.5) is 23.4 Å². The van der Waals surface area contributed by atoms with E-state index in [2.05, 4.69) is 25.5 Å². The van der Waals surface area contributed by atoms with Gasteiger partial charge in [0.1, 0.15) is 23.2 Å². The van der Waals surface area contributed by atoms with Crippen LogP contribution in [0.3, 0.4) is 0 Å². The summed E-state index contributed by atoms with van der Waals surface area (Å²) in [6.07, 6.45) is -2.47. The van der Waals surface area contributed by atoms with E-state index in [9.17, 15) is 27.5 Å². The van der Waals surface area contributed by atoms with E-state index >= 15 is 0 Å². The summed E-state index contributed by atoms with van der Waals surface area (Å²) in [7, 11) is 0. The fraction of sp³-hybridized carbons (Fsp3) is 0.286. The Bertz CT molecular complexity index is 1540. The number of anilines is 1. The minimum Gasteiger partial charge on any atom is -0.494 e. The molecule has 2 aromatic carbocycles. The molecular formula is C28H26ClF4N5O3. The van der Waals surface area contributed by atoms with Crippen LogP contribution in [0, 0.1) is 5.82 Å². The molecule has 4 rings (SSSR count). The van der Waals surface area contributed by atoms with Gasteiger partial charge in [-0.15, -0.1) is 10.2 Å². The molecule has 0 saturated carbocycles. The SMILES string of the molecule is CC(C)(O)CCCOc1ccc(Cl)c(-c2ccnc(NC(=O)c3nnc(Cc4cccc(C(F)(F)F)c4F)[nH]3)c2)c1. The number of amides is 1. The molecule has 0 atom stereocenters. The second-order valence-electron chi connectivity index (χ2n) is 9.86. The van der Waals surface area contributed by atoms with E-state index in [4.69, 9.17) is 16.3 Å². The van der Waals surface area contributed by atoms with Gasteiger partial charge in [-0.1, -0.05) is 23.7 Å². The summed E-state index contributed by atoms with van der Waals surface area (Å²) in [5, 5.41) is 20.3. The van der Waals surface area contributed by atoms with Crippen molar-refractivity contribution in [2.24, 2.45) is 0 Å². The number of carbonyl (C=O) groups excluding carboxylic acids is 1. The Morgan fingerprint density at radius 3 is 2.63 bits per heavy atom. The molecule has 216 valence electrons. The van der Waals surface area contributed by atoms with Gasteiger partial charge >= 0.3 is 6.18 Å². The molecule has 8 nitrogen and oxygen atoms in total. The fourth-order valence-corrected chi connectivity index (χ4v) is 4.17.